The first kappa shape index (κ1) is 12.2. The third-order valence-electron chi connectivity index (χ3n) is 2.25. The Hall–Kier alpha value is -0.843. The van der Waals surface area contributed by atoms with E-state index in [1.54, 1.807) is 0 Å². The first-order chi connectivity index (χ1) is 7.12. The topological polar surface area (TPSA) is 44.5 Å². The van der Waals surface area contributed by atoms with Crippen LogP contribution in [-0.4, -0.2) is 21.8 Å². The minimum Gasteiger partial charge on any atom is -0.399 e. The third kappa shape index (κ3) is 3.05. The molecule has 0 spiro atoms. The summed E-state index contributed by atoms with van der Waals surface area (Å²) in [6.45, 7) is 7.34. The van der Waals surface area contributed by atoms with Crippen LogP contribution in [0.25, 0.3) is 0 Å². The van der Waals surface area contributed by atoms with Crippen LogP contribution in [0.2, 0.25) is 6.55 Å². The third-order valence-corrected chi connectivity index (χ3v) is 5.29. The van der Waals surface area contributed by atoms with Crippen LogP contribution in [0.5, 0.6) is 0 Å². The van der Waals surface area contributed by atoms with Crippen molar-refractivity contribution in [2.45, 2.75) is 20.4 Å². The van der Waals surface area contributed by atoms with Gasteiger partial charge in [0, 0.05) is 18.9 Å². The Bertz CT molecular complexity index is 311. The van der Waals surface area contributed by atoms with E-state index in [1.165, 1.54) is 0 Å². The largest absolute Gasteiger partial charge is 0.399 e. The fourth-order valence-corrected chi connectivity index (χ4v) is 3.93. The molecular weight excluding hydrogens is 206 g/mol. The second-order valence-electron chi connectivity index (χ2n) is 3.44. The molecule has 0 heterocycles. The van der Waals surface area contributed by atoms with Crippen LogP contribution in [0.3, 0.4) is 0 Å². The Morgan fingerprint density at radius 1 is 1.20 bits per heavy atom. The van der Waals surface area contributed by atoms with Gasteiger partial charge in [-0.05, 0) is 37.7 Å². The van der Waals surface area contributed by atoms with Crippen molar-refractivity contribution in [1.29, 1.82) is 0 Å². The quantitative estimate of drug-likeness (QED) is 0.612. The minimum atomic E-state index is -2.24. The molecule has 3 nitrogen and oxygen atoms in total. The Morgan fingerprint density at radius 3 is 2.27 bits per heavy atom. The van der Waals surface area contributed by atoms with Gasteiger partial charge in [0.25, 0.3) is 0 Å². The lowest BCUT2D eigenvalue weighted by Crippen LogP contribution is -2.51. The molecule has 0 radical (unpaired) electrons. The maximum absolute atomic E-state index is 5.77. The number of benzene rings is 1. The highest BCUT2D eigenvalue weighted by atomic mass is 28.4. The highest BCUT2D eigenvalue weighted by Gasteiger charge is 2.33. The first-order valence-electron chi connectivity index (χ1n) is 5.26. The highest BCUT2D eigenvalue weighted by Crippen LogP contribution is 2.10. The lowest BCUT2D eigenvalue weighted by atomic mass is 10.3. The van der Waals surface area contributed by atoms with Crippen molar-refractivity contribution < 1.29 is 8.85 Å². The van der Waals surface area contributed by atoms with Crippen molar-refractivity contribution in [3.8, 4) is 0 Å². The monoisotopic (exact) mass is 225 g/mol. The minimum absolute atomic E-state index is 0.664. The summed E-state index contributed by atoms with van der Waals surface area (Å²) >= 11 is 0. The first-order valence-corrected chi connectivity index (χ1v) is 7.58. The number of nitrogens with two attached hydrogens (primary N) is 1. The summed E-state index contributed by atoms with van der Waals surface area (Å²) in [6.07, 6.45) is 0. The molecule has 1 rings (SSSR count). The molecule has 4 heteroatoms. The van der Waals surface area contributed by atoms with Crippen LogP contribution < -0.4 is 10.9 Å². The van der Waals surface area contributed by atoms with E-state index in [4.69, 9.17) is 14.6 Å². The lowest BCUT2D eigenvalue weighted by Gasteiger charge is -2.26. The van der Waals surface area contributed by atoms with E-state index in [0.29, 0.717) is 13.2 Å². The molecular formula is C11H19NO2Si. The van der Waals surface area contributed by atoms with Gasteiger partial charge in [0.15, 0.2) is 0 Å². The number of nitrogen functional groups attached to an aromatic ring is 1. The van der Waals surface area contributed by atoms with E-state index in [9.17, 15) is 0 Å². The van der Waals surface area contributed by atoms with Gasteiger partial charge in [0.1, 0.15) is 0 Å². The highest BCUT2D eigenvalue weighted by molar-refractivity contribution is 6.80. The molecule has 0 aromatic heterocycles. The molecule has 0 aliphatic rings. The van der Waals surface area contributed by atoms with Crippen molar-refractivity contribution in [3.05, 3.63) is 24.3 Å². The standard InChI is InChI=1S/C11H19NO2Si/c1-4-13-15(3,14-5-2)11-8-6-7-10(12)9-11/h6-9H,4-5,12H2,1-3H3. The molecule has 0 aliphatic carbocycles. The number of hydrogen-bond donors (Lipinski definition) is 1. The van der Waals surface area contributed by atoms with Gasteiger partial charge in [-0.25, -0.2) is 0 Å². The predicted octanol–water partition coefficient (Wildman–Crippen LogP) is 1.62. The zero-order valence-electron chi connectivity index (χ0n) is 9.62. The summed E-state index contributed by atoms with van der Waals surface area (Å²) < 4.78 is 11.5. The second kappa shape index (κ2) is 5.30. The van der Waals surface area contributed by atoms with Crippen molar-refractivity contribution >= 4 is 19.4 Å². The van der Waals surface area contributed by atoms with Crippen LogP contribution in [0.15, 0.2) is 24.3 Å². The molecule has 1 aromatic carbocycles. The summed E-state index contributed by atoms with van der Waals surface area (Å²) in [5, 5.41) is 1.09. The summed E-state index contributed by atoms with van der Waals surface area (Å²) in [6, 6.07) is 7.77. The second-order valence-corrected chi connectivity index (χ2v) is 6.48. The molecule has 0 amide bonds. The van der Waals surface area contributed by atoms with Crippen LogP contribution in [0.4, 0.5) is 5.69 Å². The van der Waals surface area contributed by atoms with E-state index < -0.39 is 8.56 Å². The molecule has 0 aliphatic heterocycles. The smallest absolute Gasteiger partial charge is 0.369 e. The van der Waals surface area contributed by atoms with E-state index >= 15 is 0 Å². The SMILES string of the molecule is CCO[Si](C)(OCC)c1cccc(N)c1. The fraction of sp³-hybridized carbons (Fsp3) is 0.455. The maximum Gasteiger partial charge on any atom is 0.369 e. The summed E-state index contributed by atoms with van der Waals surface area (Å²) in [5.74, 6) is 0. The number of rotatable bonds is 5. The maximum atomic E-state index is 5.77. The average Bonchev–Trinajstić information content (AvgIpc) is 2.18. The van der Waals surface area contributed by atoms with E-state index in [0.717, 1.165) is 10.9 Å². The zero-order valence-corrected chi connectivity index (χ0v) is 10.6. The molecule has 0 saturated carbocycles. The van der Waals surface area contributed by atoms with Crippen molar-refractivity contribution in [3.63, 3.8) is 0 Å². The van der Waals surface area contributed by atoms with Gasteiger partial charge < -0.3 is 14.6 Å². The Balaban J connectivity index is 2.97. The molecule has 0 bridgehead atoms. The fourth-order valence-electron chi connectivity index (χ4n) is 1.58. The van der Waals surface area contributed by atoms with E-state index in [2.05, 4.69) is 6.55 Å². The molecule has 1 aromatic rings. The molecule has 84 valence electrons. The Kier molecular flexibility index (Phi) is 4.32. The number of hydrogen-bond acceptors (Lipinski definition) is 3. The van der Waals surface area contributed by atoms with Gasteiger partial charge >= 0.3 is 8.56 Å². The summed E-state index contributed by atoms with van der Waals surface area (Å²) in [5.41, 5.74) is 6.51. The molecule has 15 heavy (non-hydrogen) atoms. The van der Waals surface area contributed by atoms with Crippen molar-refractivity contribution in [2.24, 2.45) is 0 Å². The van der Waals surface area contributed by atoms with Crippen LogP contribution >= 0.6 is 0 Å². The van der Waals surface area contributed by atoms with Gasteiger partial charge in [-0.3, -0.25) is 0 Å². The van der Waals surface area contributed by atoms with Gasteiger partial charge in [-0.2, -0.15) is 0 Å². The van der Waals surface area contributed by atoms with E-state index in [1.807, 2.05) is 38.1 Å². The predicted molar refractivity (Wildman–Crippen MR) is 65.4 cm³/mol. The summed E-state index contributed by atoms with van der Waals surface area (Å²) in [4.78, 5) is 0. The normalized spacial score (nSPS) is 11.7. The molecule has 0 unspecified atom stereocenters. The van der Waals surface area contributed by atoms with Crippen molar-refractivity contribution in [1.82, 2.24) is 0 Å². The lowest BCUT2D eigenvalue weighted by molar-refractivity contribution is 0.202. The average molecular weight is 225 g/mol. The molecule has 0 fully saturated rings. The van der Waals surface area contributed by atoms with Gasteiger partial charge in [-0.1, -0.05) is 12.1 Å². The summed E-state index contributed by atoms with van der Waals surface area (Å²) in [7, 11) is -2.24. The number of anilines is 1. The van der Waals surface area contributed by atoms with Gasteiger partial charge in [0.05, 0.1) is 0 Å². The molecule has 0 saturated heterocycles. The van der Waals surface area contributed by atoms with Crippen molar-refractivity contribution in [2.75, 3.05) is 18.9 Å². The van der Waals surface area contributed by atoms with Gasteiger partial charge in [-0.15, -0.1) is 0 Å². The van der Waals surface area contributed by atoms with E-state index in [-0.39, 0.29) is 0 Å². The van der Waals surface area contributed by atoms with Crippen LogP contribution in [-0.2, 0) is 8.85 Å². The molecule has 2 N–H and O–H groups in total. The van der Waals surface area contributed by atoms with Crippen LogP contribution in [0, 0.1) is 0 Å². The van der Waals surface area contributed by atoms with Crippen LogP contribution in [0.1, 0.15) is 13.8 Å². The van der Waals surface area contributed by atoms with Gasteiger partial charge in [0.2, 0.25) is 0 Å². The zero-order chi connectivity index (χ0) is 11.3. The molecule has 0 atom stereocenters. The Morgan fingerprint density at radius 2 is 1.80 bits per heavy atom. The Labute approximate surface area is 92.5 Å².